The smallest absolute Gasteiger partial charge is 0.253 e. The molecule has 0 unspecified atom stereocenters. The van der Waals surface area contributed by atoms with Crippen molar-refractivity contribution in [1.29, 1.82) is 0 Å². The molecule has 3 aliphatic heterocycles. The highest BCUT2D eigenvalue weighted by atomic mass is 16.5. The van der Waals surface area contributed by atoms with Gasteiger partial charge in [0.25, 0.3) is 5.91 Å². The number of ether oxygens (including phenoxy) is 1. The van der Waals surface area contributed by atoms with Crippen molar-refractivity contribution in [1.82, 2.24) is 19.7 Å². The lowest BCUT2D eigenvalue weighted by atomic mass is 9.94. The maximum atomic E-state index is 13.2. The van der Waals surface area contributed by atoms with Crippen molar-refractivity contribution in [2.75, 3.05) is 53.0 Å². The second-order valence-electron chi connectivity index (χ2n) is 8.07. The Balaban J connectivity index is 1.38. The number of nitrogens with zero attached hydrogens (tertiary/aromatic N) is 4. The van der Waals surface area contributed by atoms with Gasteiger partial charge in [-0.2, -0.15) is 0 Å². The van der Waals surface area contributed by atoms with Crippen LogP contribution < -0.4 is 0 Å². The summed E-state index contributed by atoms with van der Waals surface area (Å²) in [7, 11) is 2.13. The van der Waals surface area contributed by atoms with Gasteiger partial charge in [0.05, 0.1) is 19.3 Å². The van der Waals surface area contributed by atoms with Crippen molar-refractivity contribution in [2.24, 2.45) is 11.8 Å². The molecule has 0 radical (unpaired) electrons. The lowest BCUT2D eigenvalue weighted by Gasteiger charge is -2.36. The van der Waals surface area contributed by atoms with E-state index in [0.717, 1.165) is 39.1 Å². The minimum absolute atomic E-state index is 0.0103. The van der Waals surface area contributed by atoms with E-state index in [1.807, 2.05) is 4.90 Å². The van der Waals surface area contributed by atoms with E-state index in [2.05, 4.69) is 21.8 Å². The molecular formula is C20H28N4O3. The molecule has 3 saturated heterocycles. The first-order chi connectivity index (χ1) is 13.1. The van der Waals surface area contributed by atoms with Crippen LogP contribution in [0, 0.1) is 11.8 Å². The van der Waals surface area contributed by atoms with Crippen LogP contribution in [0.5, 0.6) is 0 Å². The highest BCUT2D eigenvalue weighted by Gasteiger charge is 2.38. The summed E-state index contributed by atoms with van der Waals surface area (Å²) >= 11 is 0. The number of piperidine rings is 1. The molecule has 2 bridgehead atoms. The Morgan fingerprint density at radius 3 is 2.56 bits per heavy atom. The predicted octanol–water partition coefficient (Wildman–Crippen LogP) is 0.723. The maximum Gasteiger partial charge on any atom is 0.253 e. The maximum absolute atomic E-state index is 13.2. The number of hydrogen-bond donors (Lipinski definition) is 0. The first kappa shape index (κ1) is 18.4. The van der Waals surface area contributed by atoms with E-state index < -0.39 is 0 Å². The van der Waals surface area contributed by atoms with Gasteiger partial charge < -0.3 is 19.4 Å². The fourth-order valence-electron chi connectivity index (χ4n) is 4.59. The molecule has 0 aliphatic carbocycles. The summed E-state index contributed by atoms with van der Waals surface area (Å²) in [5, 5.41) is 0. The highest BCUT2D eigenvalue weighted by Crippen LogP contribution is 2.26. The Morgan fingerprint density at radius 1 is 1.07 bits per heavy atom. The molecule has 7 heteroatoms. The van der Waals surface area contributed by atoms with Gasteiger partial charge in [-0.05, 0) is 32.0 Å². The van der Waals surface area contributed by atoms with Gasteiger partial charge in [-0.15, -0.1) is 0 Å². The van der Waals surface area contributed by atoms with E-state index in [0.29, 0.717) is 31.2 Å². The minimum atomic E-state index is 0.0103. The third kappa shape index (κ3) is 3.99. The first-order valence-corrected chi connectivity index (χ1v) is 9.88. The van der Waals surface area contributed by atoms with Crippen molar-refractivity contribution in [3.8, 4) is 0 Å². The second-order valence-corrected chi connectivity index (χ2v) is 8.07. The largest absolute Gasteiger partial charge is 0.379 e. The van der Waals surface area contributed by atoms with Crippen LogP contribution in [-0.2, 0) is 9.53 Å². The van der Waals surface area contributed by atoms with Gasteiger partial charge >= 0.3 is 0 Å². The SMILES string of the molecule is CN1C[C@@H]2COC[C@H](C1)N(C(=O)C1CCN(C(=O)c3ccncc3)CC1)C2. The van der Waals surface area contributed by atoms with Crippen LogP contribution in [0.1, 0.15) is 23.2 Å². The normalized spacial score (nSPS) is 27.3. The fraction of sp³-hybridized carbons (Fsp3) is 0.650. The van der Waals surface area contributed by atoms with Crippen LogP contribution in [0.15, 0.2) is 24.5 Å². The van der Waals surface area contributed by atoms with Gasteiger partial charge in [0, 0.05) is 62.5 Å². The monoisotopic (exact) mass is 372 g/mol. The van der Waals surface area contributed by atoms with Gasteiger partial charge in [0.2, 0.25) is 5.91 Å². The number of pyridine rings is 1. The molecule has 1 aromatic rings. The number of aromatic nitrogens is 1. The number of rotatable bonds is 2. The van der Waals surface area contributed by atoms with E-state index in [-0.39, 0.29) is 23.8 Å². The number of amides is 2. The van der Waals surface area contributed by atoms with Crippen molar-refractivity contribution >= 4 is 11.8 Å². The number of hydrogen-bond acceptors (Lipinski definition) is 5. The molecule has 2 amide bonds. The quantitative estimate of drug-likeness (QED) is 0.766. The third-order valence-corrected chi connectivity index (χ3v) is 5.99. The average Bonchev–Trinajstić information content (AvgIpc) is 2.98. The highest BCUT2D eigenvalue weighted by molar-refractivity contribution is 5.94. The standard InChI is InChI=1S/C20H28N4O3/c1-22-10-15-11-24(18(12-22)14-27-13-15)20(26)17-4-8-23(9-5-17)19(25)16-2-6-21-7-3-16/h2-3,6-7,15,17-18H,4-5,8-14H2,1H3/t15-,18-/m0/s1. The Kier molecular flexibility index (Phi) is 5.41. The number of carbonyl (C=O) groups excluding carboxylic acids is 2. The number of fused-ring (bicyclic) bond motifs is 3. The molecule has 4 rings (SSSR count). The van der Waals surface area contributed by atoms with Crippen LogP contribution in [-0.4, -0.2) is 90.5 Å². The fourth-order valence-corrected chi connectivity index (χ4v) is 4.59. The first-order valence-electron chi connectivity index (χ1n) is 9.88. The molecule has 3 fully saturated rings. The summed E-state index contributed by atoms with van der Waals surface area (Å²) in [6.45, 7) is 5.30. The van der Waals surface area contributed by atoms with Crippen LogP contribution >= 0.6 is 0 Å². The zero-order valence-electron chi connectivity index (χ0n) is 15.9. The molecule has 4 heterocycles. The zero-order chi connectivity index (χ0) is 18.8. The summed E-state index contributed by atoms with van der Waals surface area (Å²) in [5.74, 6) is 0.682. The van der Waals surface area contributed by atoms with Gasteiger partial charge in [-0.25, -0.2) is 0 Å². The summed E-state index contributed by atoms with van der Waals surface area (Å²) in [4.78, 5) is 36.1. The summed E-state index contributed by atoms with van der Waals surface area (Å²) in [6.07, 6.45) is 4.75. The van der Waals surface area contributed by atoms with Crippen LogP contribution in [0.4, 0.5) is 0 Å². The van der Waals surface area contributed by atoms with E-state index in [4.69, 9.17) is 4.74 Å². The van der Waals surface area contributed by atoms with E-state index in [9.17, 15) is 9.59 Å². The lowest BCUT2D eigenvalue weighted by molar-refractivity contribution is -0.139. The molecule has 27 heavy (non-hydrogen) atoms. The molecular weight excluding hydrogens is 344 g/mol. The number of likely N-dealkylation sites (tertiary alicyclic amines) is 1. The van der Waals surface area contributed by atoms with Crippen molar-refractivity contribution in [3.63, 3.8) is 0 Å². The molecule has 2 atom stereocenters. The Labute approximate surface area is 160 Å². The predicted molar refractivity (Wildman–Crippen MR) is 100 cm³/mol. The molecule has 7 nitrogen and oxygen atoms in total. The van der Waals surface area contributed by atoms with Crippen LogP contribution in [0.3, 0.4) is 0 Å². The van der Waals surface area contributed by atoms with E-state index in [1.165, 1.54) is 0 Å². The Bertz CT molecular complexity index is 675. The summed E-state index contributed by atoms with van der Waals surface area (Å²) < 4.78 is 5.80. The van der Waals surface area contributed by atoms with Crippen molar-refractivity contribution in [3.05, 3.63) is 30.1 Å². The van der Waals surface area contributed by atoms with Crippen molar-refractivity contribution < 1.29 is 14.3 Å². The Hall–Kier alpha value is -1.99. The summed E-state index contributed by atoms with van der Waals surface area (Å²) in [6, 6.07) is 3.63. The topological polar surface area (TPSA) is 66.0 Å². The zero-order valence-corrected chi connectivity index (χ0v) is 15.9. The molecule has 1 aromatic heterocycles. The Morgan fingerprint density at radius 2 is 1.81 bits per heavy atom. The minimum Gasteiger partial charge on any atom is -0.379 e. The molecule has 0 spiro atoms. The number of carbonyl (C=O) groups is 2. The van der Waals surface area contributed by atoms with Crippen LogP contribution in [0.25, 0.3) is 0 Å². The molecule has 0 N–H and O–H groups in total. The van der Waals surface area contributed by atoms with Gasteiger partial charge in [-0.1, -0.05) is 0 Å². The van der Waals surface area contributed by atoms with E-state index in [1.54, 1.807) is 24.5 Å². The van der Waals surface area contributed by atoms with E-state index >= 15 is 0 Å². The lowest BCUT2D eigenvalue weighted by Crippen LogP contribution is -2.50. The number of likely N-dealkylation sites (N-methyl/N-ethyl adjacent to an activating group) is 1. The third-order valence-electron chi connectivity index (χ3n) is 5.99. The second kappa shape index (κ2) is 7.94. The van der Waals surface area contributed by atoms with Gasteiger partial charge in [0.1, 0.15) is 0 Å². The summed E-state index contributed by atoms with van der Waals surface area (Å²) in [5.41, 5.74) is 0.663. The van der Waals surface area contributed by atoms with Gasteiger partial charge in [-0.3, -0.25) is 14.6 Å². The molecule has 0 aromatic carbocycles. The van der Waals surface area contributed by atoms with Crippen LogP contribution in [0.2, 0.25) is 0 Å². The molecule has 0 saturated carbocycles. The molecule has 3 aliphatic rings. The average molecular weight is 372 g/mol. The molecule has 146 valence electrons. The van der Waals surface area contributed by atoms with Gasteiger partial charge in [0.15, 0.2) is 0 Å². The van der Waals surface area contributed by atoms with Crippen molar-refractivity contribution in [2.45, 2.75) is 18.9 Å².